The molecule has 1 aromatic heterocycles. The normalized spacial score (nSPS) is 11.5. The van der Waals surface area contributed by atoms with E-state index < -0.39 is 10.0 Å². The van der Waals surface area contributed by atoms with Gasteiger partial charge in [0.25, 0.3) is 0 Å². The quantitative estimate of drug-likeness (QED) is 0.711. The third-order valence-corrected chi connectivity index (χ3v) is 2.96. The molecule has 2 aromatic rings. The predicted octanol–water partition coefficient (Wildman–Crippen LogP) is 1.08. The molecule has 76 valence electrons. The van der Waals surface area contributed by atoms with Gasteiger partial charge in [-0.15, -0.1) is 4.91 Å². The van der Waals surface area contributed by atoms with Gasteiger partial charge in [-0.25, -0.2) is 0 Å². The van der Waals surface area contributed by atoms with Gasteiger partial charge in [0.2, 0.25) is 0 Å². The third kappa shape index (κ3) is 1.68. The molecule has 0 N–H and O–H groups in total. The van der Waals surface area contributed by atoms with Crippen LogP contribution in [0.5, 0.6) is 0 Å². The number of nitrogens with zero attached hydrogens (tertiary/aromatic N) is 3. The molecule has 0 saturated heterocycles. The first-order valence-corrected chi connectivity index (χ1v) is 5.37. The zero-order chi connectivity index (χ0) is 10.9. The molecule has 6 nitrogen and oxygen atoms in total. The predicted molar refractivity (Wildman–Crippen MR) is 52.5 cm³/mol. The first kappa shape index (κ1) is 9.66. The standard InChI is InChI=1S/C8H5N3O3S/c12-11-15(13,14)8-2-1-6-4-9-10-5-7(6)3-8/h1-5H. The van der Waals surface area contributed by atoms with Crippen LogP contribution >= 0.6 is 0 Å². The lowest BCUT2D eigenvalue weighted by Crippen LogP contribution is -1.95. The fourth-order valence-corrected chi connectivity index (χ4v) is 1.78. The van der Waals surface area contributed by atoms with Crippen molar-refractivity contribution in [1.82, 2.24) is 10.2 Å². The van der Waals surface area contributed by atoms with Crippen LogP contribution in [-0.2, 0) is 10.0 Å². The van der Waals surface area contributed by atoms with Crippen molar-refractivity contribution in [3.63, 3.8) is 0 Å². The summed E-state index contributed by atoms with van der Waals surface area (Å²) in [5.74, 6) is 0. The minimum atomic E-state index is -4.07. The van der Waals surface area contributed by atoms with Crippen molar-refractivity contribution in [2.24, 2.45) is 4.58 Å². The van der Waals surface area contributed by atoms with Gasteiger partial charge in [-0.05, 0) is 12.1 Å². The zero-order valence-corrected chi connectivity index (χ0v) is 8.18. The van der Waals surface area contributed by atoms with Crippen LogP contribution < -0.4 is 0 Å². The van der Waals surface area contributed by atoms with E-state index in [1.807, 2.05) is 0 Å². The zero-order valence-electron chi connectivity index (χ0n) is 7.36. The smallest absolute Gasteiger partial charge is 0.196 e. The molecule has 0 amide bonds. The van der Waals surface area contributed by atoms with Crippen LogP contribution in [-0.4, -0.2) is 18.6 Å². The fourth-order valence-electron chi connectivity index (χ4n) is 1.18. The Kier molecular flexibility index (Phi) is 2.16. The summed E-state index contributed by atoms with van der Waals surface area (Å²) in [6.45, 7) is 0. The van der Waals surface area contributed by atoms with E-state index in [4.69, 9.17) is 0 Å². The molecule has 0 aliphatic rings. The van der Waals surface area contributed by atoms with Crippen molar-refractivity contribution in [1.29, 1.82) is 0 Å². The number of benzene rings is 1. The molecular formula is C8H5N3O3S. The van der Waals surface area contributed by atoms with Crippen LogP contribution in [0.3, 0.4) is 0 Å². The second-order valence-corrected chi connectivity index (χ2v) is 4.40. The van der Waals surface area contributed by atoms with Gasteiger partial charge in [0.05, 0.1) is 21.9 Å². The van der Waals surface area contributed by atoms with E-state index in [2.05, 4.69) is 14.8 Å². The van der Waals surface area contributed by atoms with E-state index >= 15 is 0 Å². The highest BCUT2D eigenvalue weighted by atomic mass is 32.2. The van der Waals surface area contributed by atoms with Gasteiger partial charge in [-0.3, -0.25) is 0 Å². The van der Waals surface area contributed by atoms with E-state index in [0.717, 1.165) is 5.39 Å². The maximum atomic E-state index is 11.1. The fraction of sp³-hybridized carbons (Fsp3) is 0. The summed E-state index contributed by atoms with van der Waals surface area (Å²) in [4.78, 5) is 9.96. The minimum Gasteiger partial charge on any atom is -0.196 e. The molecule has 0 bridgehead atoms. The van der Waals surface area contributed by atoms with Crippen LogP contribution in [0.25, 0.3) is 10.8 Å². The van der Waals surface area contributed by atoms with Gasteiger partial charge in [0.15, 0.2) is 0 Å². The topological polar surface area (TPSA) is 89.4 Å². The van der Waals surface area contributed by atoms with Gasteiger partial charge in [0, 0.05) is 10.8 Å². The lowest BCUT2D eigenvalue weighted by atomic mass is 10.2. The number of sulfonamides is 1. The first-order valence-electron chi connectivity index (χ1n) is 3.93. The van der Waals surface area contributed by atoms with Gasteiger partial charge < -0.3 is 0 Å². The molecule has 7 heteroatoms. The van der Waals surface area contributed by atoms with Crippen molar-refractivity contribution < 1.29 is 8.42 Å². The Balaban J connectivity index is 2.72. The summed E-state index contributed by atoms with van der Waals surface area (Å²) < 4.78 is 24.3. The molecule has 0 spiro atoms. The summed E-state index contributed by atoms with van der Waals surface area (Å²) in [5, 5.41) is 8.59. The molecular weight excluding hydrogens is 218 g/mol. The molecule has 0 atom stereocenters. The SMILES string of the molecule is O=NS(=O)(=O)c1ccc2cnncc2c1. The number of fused-ring (bicyclic) bond motifs is 1. The summed E-state index contributed by atoms with van der Waals surface area (Å²) in [5.41, 5.74) is 0. The Morgan fingerprint density at radius 2 is 1.73 bits per heavy atom. The molecule has 15 heavy (non-hydrogen) atoms. The van der Waals surface area contributed by atoms with Crippen LogP contribution in [0.2, 0.25) is 0 Å². The highest BCUT2D eigenvalue weighted by Crippen LogP contribution is 2.18. The Labute approximate surface area is 85.0 Å². The summed E-state index contributed by atoms with van der Waals surface area (Å²) in [6.07, 6.45) is 2.92. The Morgan fingerprint density at radius 1 is 1.07 bits per heavy atom. The van der Waals surface area contributed by atoms with Crippen LogP contribution in [0.15, 0.2) is 40.1 Å². The minimum absolute atomic E-state index is 0.141. The van der Waals surface area contributed by atoms with Gasteiger partial charge >= 0.3 is 10.0 Å². The van der Waals surface area contributed by atoms with Crippen molar-refractivity contribution in [2.75, 3.05) is 0 Å². The maximum absolute atomic E-state index is 11.1. The second-order valence-electron chi connectivity index (χ2n) is 2.83. The lowest BCUT2D eigenvalue weighted by molar-refractivity contribution is 0.597. The first-order chi connectivity index (χ1) is 7.13. The van der Waals surface area contributed by atoms with E-state index in [-0.39, 0.29) is 4.90 Å². The van der Waals surface area contributed by atoms with Crippen molar-refractivity contribution in [3.05, 3.63) is 35.5 Å². The van der Waals surface area contributed by atoms with E-state index in [9.17, 15) is 13.3 Å². The van der Waals surface area contributed by atoms with Crippen molar-refractivity contribution in [3.8, 4) is 0 Å². The molecule has 2 rings (SSSR count). The van der Waals surface area contributed by atoms with Gasteiger partial charge in [-0.2, -0.15) is 18.6 Å². The highest BCUT2D eigenvalue weighted by Gasteiger charge is 2.14. The van der Waals surface area contributed by atoms with Gasteiger partial charge in [0.1, 0.15) is 0 Å². The average molecular weight is 223 g/mol. The average Bonchev–Trinajstić information content (AvgIpc) is 2.28. The van der Waals surface area contributed by atoms with Crippen LogP contribution in [0.4, 0.5) is 0 Å². The molecule has 0 radical (unpaired) electrons. The third-order valence-electron chi connectivity index (χ3n) is 1.91. The van der Waals surface area contributed by atoms with E-state index in [1.54, 1.807) is 6.07 Å². The Hall–Kier alpha value is -1.89. The van der Waals surface area contributed by atoms with Gasteiger partial charge in [-0.1, -0.05) is 6.07 Å². The maximum Gasteiger partial charge on any atom is 0.316 e. The second kappa shape index (κ2) is 3.35. The van der Waals surface area contributed by atoms with E-state index in [1.165, 1.54) is 24.5 Å². The molecule has 0 aliphatic carbocycles. The molecule has 0 saturated carbocycles. The number of nitroso groups, excluding NO2 is 1. The number of hydrogen-bond donors (Lipinski definition) is 0. The van der Waals surface area contributed by atoms with Crippen LogP contribution in [0.1, 0.15) is 0 Å². The Morgan fingerprint density at radius 3 is 2.40 bits per heavy atom. The highest BCUT2D eigenvalue weighted by molar-refractivity contribution is 7.90. The largest absolute Gasteiger partial charge is 0.316 e. The number of hydrogen-bond acceptors (Lipinski definition) is 5. The molecule has 0 aliphatic heterocycles. The summed E-state index contributed by atoms with van der Waals surface area (Å²) >= 11 is 0. The molecule has 0 unspecified atom stereocenters. The summed E-state index contributed by atoms with van der Waals surface area (Å²) in [7, 11) is -4.07. The monoisotopic (exact) mass is 223 g/mol. The van der Waals surface area contributed by atoms with Crippen LogP contribution in [0, 0.1) is 4.91 Å². The van der Waals surface area contributed by atoms with Crippen molar-refractivity contribution in [2.45, 2.75) is 4.90 Å². The van der Waals surface area contributed by atoms with Crippen molar-refractivity contribution >= 4 is 20.8 Å². The lowest BCUT2D eigenvalue weighted by Gasteiger charge is -1.98. The summed E-state index contributed by atoms with van der Waals surface area (Å²) in [6, 6.07) is 4.18. The Bertz CT molecular complexity index is 624. The molecule has 0 fully saturated rings. The number of rotatable bonds is 2. The van der Waals surface area contributed by atoms with E-state index in [0.29, 0.717) is 5.39 Å². The molecule has 1 aromatic carbocycles. The number of aromatic nitrogens is 2. The molecule has 1 heterocycles.